The Kier molecular flexibility index (Phi) is 15.4. The van der Waals surface area contributed by atoms with Crippen LogP contribution in [0.2, 0.25) is 23.2 Å². The molecule has 0 unspecified atom stereocenters. The zero-order valence-corrected chi connectivity index (χ0v) is 37.9. The van der Waals surface area contributed by atoms with Gasteiger partial charge >= 0.3 is 0 Å². The Balaban J connectivity index is 1.62. The van der Waals surface area contributed by atoms with E-state index in [1.807, 2.05) is 19.9 Å². The second-order valence-electron chi connectivity index (χ2n) is 18.8. The largest absolute Gasteiger partial charge is 0.413 e. The molecule has 0 amide bonds. The first-order chi connectivity index (χ1) is 25.3. The number of rotatable bonds is 17. The van der Waals surface area contributed by atoms with Crippen molar-refractivity contribution in [3.8, 4) is 0 Å². The van der Waals surface area contributed by atoms with E-state index in [2.05, 4.69) is 172 Å². The summed E-state index contributed by atoms with van der Waals surface area (Å²) in [6.45, 7) is 31.4. The van der Waals surface area contributed by atoms with Gasteiger partial charge in [-0.25, -0.2) is 0 Å². The van der Waals surface area contributed by atoms with Crippen LogP contribution in [0.15, 0.2) is 103 Å². The lowest BCUT2D eigenvalue weighted by Crippen LogP contribution is -2.68. The van der Waals surface area contributed by atoms with E-state index in [4.69, 9.17) is 23.1 Å². The molecule has 0 N–H and O–H groups in total. The van der Waals surface area contributed by atoms with E-state index in [1.54, 1.807) is 0 Å². The maximum Gasteiger partial charge on any atom is 0.261 e. The highest BCUT2D eigenvalue weighted by molar-refractivity contribution is 6.99. The average molecular weight is 773 g/mol. The van der Waals surface area contributed by atoms with Crippen molar-refractivity contribution in [1.82, 2.24) is 0 Å². The fourth-order valence-electron chi connectivity index (χ4n) is 7.46. The van der Waals surface area contributed by atoms with E-state index in [9.17, 15) is 0 Å². The van der Waals surface area contributed by atoms with E-state index < -0.39 is 22.4 Å². The molecule has 4 rings (SSSR count). The third-order valence-corrected chi connectivity index (χ3v) is 21.4. The Morgan fingerprint density at radius 2 is 1.26 bits per heavy atom. The van der Waals surface area contributed by atoms with E-state index in [0.29, 0.717) is 19.8 Å². The van der Waals surface area contributed by atoms with Crippen molar-refractivity contribution in [2.24, 2.45) is 17.8 Å². The van der Waals surface area contributed by atoms with Gasteiger partial charge in [0.2, 0.25) is 0 Å². The molecule has 3 aromatic rings. The highest BCUT2D eigenvalue weighted by Gasteiger charge is 2.52. The van der Waals surface area contributed by atoms with Crippen LogP contribution in [0, 0.1) is 17.8 Å². The lowest BCUT2D eigenvalue weighted by atomic mass is 9.87. The predicted molar refractivity (Wildman–Crippen MR) is 231 cm³/mol. The Hall–Kier alpha value is -2.37. The molecule has 1 saturated heterocycles. The number of allylic oxidation sites excluding steroid dienone is 1. The van der Waals surface area contributed by atoms with E-state index in [-0.39, 0.29) is 46.1 Å². The highest BCUT2D eigenvalue weighted by atomic mass is 28.4. The minimum Gasteiger partial charge on any atom is -0.413 e. The molecule has 0 spiro atoms. The van der Waals surface area contributed by atoms with E-state index in [0.717, 1.165) is 12.8 Å². The predicted octanol–water partition coefficient (Wildman–Crippen LogP) is 10.9. The fourth-order valence-corrected chi connectivity index (χ4v) is 13.7. The van der Waals surface area contributed by atoms with Crippen LogP contribution < -0.4 is 10.4 Å². The van der Waals surface area contributed by atoms with Gasteiger partial charge < -0.3 is 23.1 Å². The van der Waals surface area contributed by atoms with Crippen LogP contribution in [0.1, 0.15) is 94.6 Å². The number of ether oxygens (including phenoxy) is 3. The summed E-state index contributed by atoms with van der Waals surface area (Å²) in [6.07, 6.45) is 6.39. The molecule has 0 aromatic heterocycles. The summed E-state index contributed by atoms with van der Waals surface area (Å²) in [5, 5.41) is 2.54. The van der Waals surface area contributed by atoms with Crippen molar-refractivity contribution in [1.29, 1.82) is 0 Å². The van der Waals surface area contributed by atoms with Crippen molar-refractivity contribution in [3.05, 3.63) is 109 Å². The van der Waals surface area contributed by atoms with Crippen LogP contribution in [0.5, 0.6) is 0 Å². The van der Waals surface area contributed by atoms with E-state index in [1.165, 1.54) is 15.9 Å². The van der Waals surface area contributed by atoms with Gasteiger partial charge in [0, 0.05) is 11.8 Å². The van der Waals surface area contributed by atoms with E-state index >= 15 is 0 Å². The molecule has 5 nitrogen and oxygen atoms in total. The summed E-state index contributed by atoms with van der Waals surface area (Å²) >= 11 is 0. The van der Waals surface area contributed by atoms with Gasteiger partial charge in [0.05, 0.1) is 38.1 Å². The molecule has 0 radical (unpaired) electrons. The molecule has 1 aliphatic heterocycles. The van der Waals surface area contributed by atoms with Gasteiger partial charge in [0.15, 0.2) is 14.1 Å². The first kappa shape index (κ1) is 44.3. The molecule has 1 heterocycles. The van der Waals surface area contributed by atoms with Crippen LogP contribution >= 0.6 is 0 Å². The monoisotopic (exact) mass is 772 g/mol. The van der Waals surface area contributed by atoms with Gasteiger partial charge in [-0.1, -0.05) is 165 Å². The summed E-state index contributed by atoms with van der Waals surface area (Å²) in [5.41, 5.74) is 1.17. The quantitative estimate of drug-likeness (QED) is 0.101. The van der Waals surface area contributed by atoms with Gasteiger partial charge in [-0.3, -0.25) is 0 Å². The molecule has 7 heteroatoms. The molecule has 1 fully saturated rings. The molecule has 6 atom stereocenters. The zero-order valence-electron chi connectivity index (χ0n) is 35.9. The minimum absolute atomic E-state index is 0.0390. The molecular formula is C47H72O5Si2. The Bertz CT molecular complexity index is 1520. The maximum atomic E-state index is 7.74. The normalized spacial score (nSPS) is 20.8. The van der Waals surface area contributed by atoms with Crippen LogP contribution in [0.4, 0.5) is 0 Å². The van der Waals surface area contributed by atoms with Crippen molar-refractivity contribution in [3.63, 3.8) is 0 Å². The third kappa shape index (κ3) is 11.4. The fraction of sp³-hybridized carbons (Fsp3) is 0.574. The third-order valence-electron chi connectivity index (χ3n) is 11.8. The first-order valence-electron chi connectivity index (χ1n) is 20.3. The van der Waals surface area contributed by atoms with Crippen LogP contribution in [0.3, 0.4) is 0 Å². The molecule has 3 aromatic carbocycles. The SMILES string of the molecule is C[C@@H]([C@@H]1OC(C)(C)OC[C@H]1C)[C@H](C/C=C\C[C@H](C)[C@@H](COCc1ccccc1)O[Si](c1ccccc1)(c1ccccc1)C(C)(C)C)O[Si](C)(C)C(C)(C)C. The molecule has 0 saturated carbocycles. The Morgan fingerprint density at radius 1 is 0.741 bits per heavy atom. The Morgan fingerprint density at radius 3 is 1.78 bits per heavy atom. The summed E-state index contributed by atoms with van der Waals surface area (Å²) in [7, 11) is -4.87. The van der Waals surface area contributed by atoms with Gasteiger partial charge in [0.1, 0.15) is 0 Å². The van der Waals surface area contributed by atoms with Gasteiger partial charge in [-0.15, -0.1) is 0 Å². The molecule has 298 valence electrons. The van der Waals surface area contributed by atoms with Crippen molar-refractivity contribution >= 4 is 27.0 Å². The Labute approximate surface area is 331 Å². The molecule has 0 aliphatic carbocycles. The zero-order chi connectivity index (χ0) is 39.8. The summed E-state index contributed by atoms with van der Waals surface area (Å²) in [5.74, 6) is 0.103. The molecular weight excluding hydrogens is 701 g/mol. The molecule has 1 aliphatic rings. The summed E-state index contributed by atoms with van der Waals surface area (Å²) in [6, 6.07) is 32.3. The first-order valence-corrected chi connectivity index (χ1v) is 25.1. The topological polar surface area (TPSA) is 46.2 Å². The van der Waals surface area contributed by atoms with Gasteiger partial charge in [0.25, 0.3) is 8.32 Å². The number of benzene rings is 3. The second-order valence-corrected chi connectivity index (χ2v) is 27.8. The highest BCUT2D eigenvalue weighted by Crippen LogP contribution is 2.41. The van der Waals surface area contributed by atoms with Crippen molar-refractivity contribution in [2.45, 2.75) is 143 Å². The molecule has 54 heavy (non-hydrogen) atoms. The molecule has 0 bridgehead atoms. The minimum atomic E-state index is -2.81. The second kappa shape index (κ2) is 18.7. The van der Waals surface area contributed by atoms with Crippen molar-refractivity contribution < 1.29 is 23.1 Å². The van der Waals surface area contributed by atoms with Crippen LogP contribution in [-0.4, -0.2) is 53.9 Å². The number of hydrogen-bond donors (Lipinski definition) is 0. The van der Waals surface area contributed by atoms with Gasteiger partial charge in [-0.2, -0.15) is 0 Å². The standard InChI is InChI=1S/C47H72O5Si2/c1-36(25-23-24-32-42(51-53(12,13)45(4,5)6)38(3)44-37(2)33-49-47(10,11)50-44)43(35-48-34-39-26-17-14-18-27-39)52-54(46(7,8)9,40-28-19-15-20-29-40)41-30-21-16-22-31-41/h14-24,26-31,36-38,42-44H,25,32-35H2,1-13H3/b24-23-/t36-,37+,38+,42-,43+,44+/m0/s1. The number of hydrogen-bond acceptors (Lipinski definition) is 5. The van der Waals surface area contributed by atoms with Crippen molar-refractivity contribution in [2.75, 3.05) is 13.2 Å². The average Bonchev–Trinajstić information content (AvgIpc) is 3.11. The van der Waals surface area contributed by atoms with Gasteiger partial charge in [-0.05, 0) is 71.7 Å². The maximum absolute atomic E-state index is 7.74. The lowest BCUT2D eigenvalue weighted by molar-refractivity contribution is -0.303. The summed E-state index contributed by atoms with van der Waals surface area (Å²) < 4.78 is 34.1. The van der Waals surface area contributed by atoms with Crippen LogP contribution in [-0.2, 0) is 29.7 Å². The lowest BCUT2D eigenvalue weighted by Gasteiger charge is -2.46. The van der Waals surface area contributed by atoms with Crippen LogP contribution in [0.25, 0.3) is 0 Å². The summed E-state index contributed by atoms with van der Waals surface area (Å²) in [4.78, 5) is 0. The smallest absolute Gasteiger partial charge is 0.261 e.